The second-order valence-electron chi connectivity index (χ2n) is 12.5. The molecule has 4 amide bonds. The van der Waals surface area contributed by atoms with Crippen molar-refractivity contribution in [2.75, 3.05) is 30.3 Å². The topological polar surface area (TPSA) is 151 Å². The van der Waals surface area contributed by atoms with E-state index < -0.39 is 18.1 Å². The van der Waals surface area contributed by atoms with E-state index in [1.165, 1.54) is 0 Å². The molecule has 0 bridgehead atoms. The van der Waals surface area contributed by atoms with Crippen LogP contribution in [-0.4, -0.2) is 71.2 Å². The van der Waals surface area contributed by atoms with Gasteiger partial charge in [-0.2, -0.15) is 0 Å². The molecule has 2 saturated heterocycles. The summed E-state index contributed by atoms with van der Waals surface area (Å²) in [6.45, 7) is 1.69. The van der Waals surface area contributed by atoms with Crippen LogP contribution in [0.5, 0.6) is 0 Å². The molecule has 0 spiro atoms. The minimum atomic E-state index is -0.615. The van der Waals surface area contributed by atoms with Crippen LogP contribution in [0.25, 0.3) is 12.2 Å². The van der Waals surface area contributed by atoms with E-state index in [1.807, 2.05) is 91.0 Å². The van der Waals surface area contributed by atoms with Crippen LogP contribution in [0.1, 0.15) is 61.6 Å². The number of anilines is 2. The van der Waals surface area contributed by atoms with Crippen molar-refractivity contribution in [1.82, 2.24) is 9.80 Å². The predicted octanol–water partition coefficient (Wildman–Crippen LogP) is 4.42. The number of benzene rings is 3. The van der Waals surface area contributed by atoms with Crippen molar-refractivity contribution >= 4 is 47.2 Å². The van der Waals surface area contributed by atoms with Gasteiger partial charge in [-0.05, 0) is 86.0 Å². The van der Waals surface area contributed by atoms with Gasteiger partial charge in [0.25, 0.3) is 0 Å². The molecule has 1 unspecified atom stereocenters. The highest BCUT2D eigenvalue weighted by Crippen LogP contribution is 2.23. The molecule has 48 heavy (non-hydrogen) atoms. The second-order valence-corrected chi connectivity index (χ2v) is 12.5. The largest absolute Gasteiger partial charge is 0.330 e. The average Bonchev–Trinajstić information content (AvgIpc) is 3.80. The summed E-state index contributed by atoms with van der Waals surface area (Å²) in [5.41, 5.74) is 15.9. The van der Waals surface area contributed by atoms with Crippen LogP contribution in [-0.2, 0) is 25.6 Å². The third kappa shape index (κ3) is 9.17. The van der Waals surface area contributed by atoms with Crippen LogP contribution in [0, 0.1) is 0 Å². The standard InChI is InChI=1S/C38H46N6O4/c39-23-5-4-10-32(40)38(48)44-25-7-12-34(44)37(47)42-31-21-17-28(18-22-31)14-13-27-15-19-30(20-16-27)41-36(46)33-11-6-24-43(33)35(45)26-29-8-2-1-3-9-29/h1-3,8-9,13-22,32-34H,4-7,10-12,23-26,39-40H2,(H,41,46)(H,42,47)/b14-13+/t32?,33-,34-/m0/s1. The van der Waals surface area contributed by atoms with Gasteiger partial charge in [-0.15, -0.1) is 0 Å². The van der Waals surface area contributed by atoms with Crippen molar-refractivity contribution in [2.24, 2.45) is 11.5 Å². The molecular formula is C38H46N6O4. The summed E-state index contributed by atoms with van der Waals surface area (Å²) in [7, 11) is 0. The fourth-order valence-electron chi connectivity index (χ4n) is 6.36. The molecule has 2 heterocycles. The van der Waals surface area contributed by atoms with E-state index >= 15 is 0 Å². The zero-order valence-corrected chi connectivity index (χ0v) is 27.4. The van der Waals surface area contributed by atoms with Gasteiger partial charge in [-0.25, -0.2) is 0 Å². The first kappa shape index (κ1) is 34.5. The molecule has 10 nitrogen and oxygen atoms in total. The fraction of sp³-hybridized carbons (Fsp3) is 0.368. The van der Waals surface area contributed by atoms with E-state index in [-0.39, 0.29) is 30.0 Å². The van der Waals surface area contributed by atoms with Gasteiger partial charge in [0.2, 0.25) is 23.6 Å². The molecule has 10 heteroatoms. The lowest BCUT2D eigenvalue weighted by Crippen LogP contribution is -2.49. The Labute approximate surface area is 282 Å². The molecule has 0 saturated carbocycles. The molecule has 252 valence electrons. The molecule has 2 fully saturated rings. The van der Waals surface area contributed by atoms with E-state index in [4.69, 9.17) is 11.5 Å². The number of hydrogen-bond donors (Lipinski definition) is 4. The maximum Gasteiger partial charge on any atom is 0.247 e. The number of nitrogens with one attached hydrogen (secondary N) is 2. The fourth-order valence-corrected chi connectivity index (χ4v) is 6.36. The molecule has 0 radical (unpaired) electrons. The van der Waals surface area contributed by atoms with E-state index in [2.05, 4.69) is 10.6 Å². The van der Waals surface area contributed by atoms with Gasteiger partial charge in [-0.3, -0.25) is 19.2 Å². The number of carbonyl (C=O) groups is 4. The van der Waals surface area contributed by atoms with Crippen molar-refractivity contribution < 1.29 is 19.2 Å². The molecule has 2 aliphatic rings. The Kier molecular flexibility index (Phi) is 12.1. The summed E-state index contributed by atoms with van der Waals surface area (Å²) >= 11 is 0. The quantitative estimate of drug-likeness (QED) is 0.159. The molecule has 3 aromatic carbocycles. The van der Waals surface area contributed by atoms with E-state index in [0.29, 0.717) is 50.3 Å². The van der Waals surface area contributed by atoms with Crippen molar-refractivity contribution in [3.05, 3.63) is 95.6 Å². The third-order valence-electron chi connectivity index (χ3n) is 9.02. The predicted molar refractivity (Wildman–Crippen MR) is 190 cm³/mol. The van der Waals surface area contributed by atoms with Crippen LogP contribution in [0.3, 0.4) is 0 Å². The lowest BCUT2D eigenvalue weighted by atomic mass is 10.1. The van der Waals surface area contributed by atoms with Crippen LogP contribution in [0.2, 0.25) is 0 Å². The summed E-state index contributed by atoms with van der Waals surface area (Å²) in [5, 5.41) is 5.93. The van der Waals surface area contributed by atoms with Gasteiger partial charge in [0.05, 0.1) is 12.5 Å². The summed E-state index contributed by atoms with van der Waals surface area (Å²) in [4.78, 5) is 55.3. The highest BCUT2D eigenvalue weighted by atomic mass is 16.2. The van der Waals surface area contributed by atoms with Gasteiger partial charge < -0.3 is 31.9 Å². The second kappa shape index (κ2) is 16.9. The number of nitrogens with two attached hydrogens (primary N) is 2. The Hall–Kier alpha value is -4.80. The van der Waals surface area contributed by atoms with Crippen LogP contribution in [0.4, 0.5) is 11.4 Å². The number of carbonyl (C=O) groups excluding carboxylic acids is 4. The van der Waals surface area contributed by atoms with Crippen molar-refractivity contribution in [3.8, 4) is 0 Å². The summed E-state index contributed by atoms with van der Waals surface area (Å²) in [6, 6.07) is 23.0. The lowest BCUT2D eigenvalue weighted by Gasteiger charge is -2.26. The molecule has 5 rings (SSSR count). The number of hydrogen-bond acceptors (Lipinski definition) is 6. The normalized spacial score (nSPS) is 18.2. The van der Waals surface area contributed by atoms with Crippen molar-refractivity contribution in [1.29, 1.82) is 0 Å². The first-order valence-electron chi connectivity index (χ1n) is 16.9. The zero-order valence-electron chi connectivity index (χ0n) is 27.4. The molecular weight excluding hydrogens is 604 g/mol. The SMILES string of the molecule is NCCCCC(N)C(=O)N1CCC[C@H]1C(=O)Nc1ccc(/C=C/c2ccc(NC(=O)[C@@H]3CCCN3C(=O)Cc3ccccc3)cc2)cc1. The van der Waals surface area contributed by atoms with Crippen molar-refractivity contribution in [2.45, 2.75) is 69.5 Å². The van der Waals surface area contributed by atoms with Gasteiger partial charge >= 0.3 is 0 Å². The first-order chi connectivity index (χ1) is 23.3. The van der Waals surface area contributed by atoms with Crippen LogP contribution in [0.15, 0.2) is 78.9 Å². The summed E-state index contributed by atoms with van der Waals surface area (Å²) < 4.78 is 0. The highest BCUT2D eigenvalue weighted by Gasteiger charge is 2.36. The van der Waals surface area contributed by atoms with Crippen LogP contribution >= 0.6 is 0 Å². The number of unbranched alkanes of at least 4 members (excludes halogenated alkanes) is 1. The van der Waals surface area contributed by atoms with Gasteiger partial charge in [0, 0.05) is 24.5 Å². The Morgan fingerprint density at radius 1 is 0.729 bits per heavy atom. The maximum absolute atomic E-state index is 13.1. The highest BCUT2D eigenvalue weighted by molar-refractivity contribution is 5.99. The van der Waals surface area contributed by atoms with E-state index in [1.54, 1.807) is 9.80 Å². The summed E-state index contributed by atoms with van der Waals surface area (Å²) in [5.74, 6) is -0.576. The van der Waals surface area contributed by atoms with Gasteiger partial charge in [0.1, 0.15) is 12.1 Å². The number of rotatable bonds is 13. The molecule has 0 aliphatic carbocycles. The number of nitrogens with zero attached hydrogens (tertiary/aromatic N) is 2. The Morgan fingerprint density at radius 2 is 1.25 bits per heavy atom. The minimum Gasteiger partial charge on any atom is -0.330 e. The number of likely N-dealkylation sites (tertiary alicyclic amines) is 2. The van der Waals surface area contributed by atoms with E-state index in [9.17, 15) is 19.2 Å². The number of amides is 4. The minimum absolute atomic E-state index is 0.0304. The van der Waals surface area contributed by atoms with Crippen molar-refractivity contribution in [3.63, 3.8) is 0 Å². The first-order valence-corrected chi connectivity index (χ1v) is 16.9. The maximum atomic E-state index is 13.1. The lowest BCUT2D eigenvalue weighted by molar-refractivity contribution is -0.137. The monoisotopic (exact) mass is 650 g/mol. The molecule has 6 N–H and O–H groups in total. The van der Waals surface area contributed by atoms with Gasteiger partial charge in [-0.1, -0.05) is 73.2 Å². The Morgan fingerprint density at radius 3 is 1.79 bits per heavy atom. The summed E-state index contributed by atoms with van der Waals surface area (Å²) in [6.07, 6.45) is 9.25. The molecule has 3 atom stereocenters. The third-order valence-corrected chi connectivity index (χ3v) is 9.02. The Balaban J connectivity index is 1.10. The molecule has 0 aromatic heterocycles. The van der Waals surface area contributed by atoms with Crippen LogP contribution < -0.4 is 22.1 Å². The Bertz CT molecular complexity index is 1570. The average molecular weight is 651 g/mol. The zero-order chi connectivity index (χ0) is 33.9. The molecule has 2 aliphatic heterocycles. The smallest absolute Gasteiger partial charge is 0.247 e. The van der Waals surface area contributed by atoms with E-state index in [0.717, 1.165) is 42.4 Å². The molecule has 3 aromatic rings. The van der Waals surface area contributed by atoms with Gasteiger partial charge in [0.15, 0.2) is 0 Å².